The Bertz CT molecular complexity index is 411. The number of aliphatic hydroxyl groups is 1. The summed E-state index contributed by atoms with van der Waals surface area (Å²) in [5.74, 6) is 0.633. The zero-order chi connectivity index (χ0) is 9.26. The van der Waals surface area contributed by atoms with E-state index in [0.717, 1.165) is 5.56 Å². The molecule has 5 nitrogen and oxygen atoms in total. The van der Waals surface area contributed by atoms with Crippen molar-refractivity contribution >= 4 is 5.78 Å². The van der Waals surface area contributed by atoms with E-state index < -0.39 is 0 Å². The first-order valence-electron chi connectivity index (χ1n) is 3.96. The van der Waals surface area contributed by atoms with E-state index in [0.29, 0.717) is 5.78 Å². The number of aromatic nitrogens is 3. The number of rotatable bonds is 2. The van der Waals surface area contributed by atoms with E-state index >= 15 is 0 Å². The second-order valence-corrected chi connectivity index (χ2v) is 2.81. The van der Waals surface area contributed by atoms with Crippen molar-refractivity contribution in [3.8, 4) is 0 Å². The molecule has 0 aliphatic rings. The molecule has 1 atom stereocenters. The Morgan fingerprint density at radius 1 is 1.54 bits per heavy atom. The number of nitrogens with two attached hydrogens (primary N) is 1. The smallest absolute Gasteiger partial charge is 0.233 e. The van der Waals surface area contributed by atoms with Gasteiger partial charge in [-0.05, 0) is 0 Å². The fourth-order valence-electron chi connectivity index (χ4n) is 1.13. The SMILES string of the molecule is NC(CO)c1cnc2nccn2c1. The van der Waals surface area contributed by atoms with Crippen LogP contribution in [0.25, 0.3) is 5.78 Å². The lowest BCUT2D eigenvalue weighted by Gasteiger charge is -2.07. The summed E-state index contributed by atoms with van der Waals surface area (Å²) in [5, 5.41) is 8.83. The summed E-state index contributed by atoms with van der Waals surface area (Å²) < 4.78 is 1.77. The van der Waals surface area contributed by atoms with Gasteiger partial charge in [0.15, 0.2) is 0 Å². The van der Waals surface area contributed by atoms with Crippen LogP contribution >= 0.6 is 0 Å². The standard InChI is InChI=1S/C8H10N4O/c9-7(5-13)6-3-11-8-10-1-2-12(8)4-6/h1-4,7,13H,5,9H2. The quantitative estimate of drug-likeness (QED) is 0.663. The van der Waals surface area contributed by atoms with Crippen LogP contribution in [0.15, 0.2) is 24.8 Å². The maximum Gasteiger partial charge on any atom is 0.233 e. The first-order chi connectivity index (χ1) is 6.31. The third-order valence-corrected chi connectivity index (χ3v) is 1.89. The van der Waals surface area contributed by atoms with Crippen LogP contribution in [0.1, 0.15) is 11.6 Å². The Morgan fingerprint density at radius 3 is 3.15 bits per heavy atom. The number of aliphatic hydroxyl groups excluding tert-OH is 1. The van der Waals surface area contributed by atoms with Crippen molar-refractivity contribution in [1.29, 1.82) is 0 Å². The predicted molar refractivity (Wildman–Crippen MR) is 47.0 cm³/mol. The van der Waals surface area contributed by atoms with Crippen LogP contribution in [0.4, 0.5) is 0 Å². The molecule has 0 aromatic carbocycles. The van der Waals surface area contributed by atoms with Gasteiger partial charge in [0.2, 0.25) is 5.78 Å². The van der Waals surface area contributed by atoms with Crippen LogP contribution in [0.3, 0.4) is 0 Å². The van der Waals surface area contributed by atoms with Gasteiger partial charge >= 0.3 is 0 Å². The van der Waals surface area contributed by atoms with Gasteiger partial charge < -0.3 is 10.8 Å². The number of hydrogen-bond acceptors (Lipinski definition) is 4. The van der Waals surface area contributed by atoms with Crippen molar-refractivity contribution in [3.05, 3.63) is 30.4 Å². The topological polar surface area (TPSA) is 76.4 Å². The molecule has 0 aliphatic carbocycles. The second-order valence-electron chi connectivity index (χ2n) is 2.81. The molecule has 2 rings (SSSR count). The zero-order valence-electron chi connectivity index (χ0n) is 6.96. The first-order valence-corrected chi connectivity index (χ1v) is 3.96. The lowest BCUT2D eigenvalue weighted by molar-refractivity contribution is 0.267. The van der Waals surface area contributed by atoms with Gasteiger partial charge in [-0.15, -0.1) is 0 Å². The van der Waals surface area contributed by atoms with Crippen LogP contribution < -0.4 is 5.73 Å². The normalized spacial score (nSPS) is 13.4. The van der Waals surface area contributed by atoms with E-state index in [1.807, 2.05) is 6.20 Å². The van der Waals surface area contributed by atoms with Gasteiger partial charge in [-0.2, -0.15) is 0 Å². The zero-order valence-corrected chi connectivity index (χ0v) is 6.96. The van der Waals surface area contributed by atoms with Gasteiger partial charge in [0.25, 0.3) is 0 Å². The molecule has 13 heavy (non-hydrogen) atoms. The van der Waals surface area contributed by atoms with Crippen molar-refractivity contribution in [2.75, 3.05) is 6.61 Å². The van der Waals surface area contributed by atoms with Crippen LogP contribution in [0.2, 0.25) is 0 Å². The van der Waals surface area contributed by atoms with Crippen LogP contribution in [0, 0.1) is 0 Å². The van der Waals surface area contributed by atoms with Crippen molar-refractivity contribution < 1.29 is 5.11 Å². The predicted octanol–water partition coefficient (Wildman–Crippen LogP) is -0.279. The van der Waals surface area contributed by atoms with E-state index in [4.69, 9.17) is 10.8 Å². The van der Waals surface area contributed by atoms with Crippen molar-refractivity contribution in [2.45, 2.75) is 6.04 Å². The highest BCUT2D eigenvalue weighted by atomic mass is 16.3. The average molecular weight is 178 g/mol. The lowest BCUT2D eigenvalue weighted by atomic mass is 10.2. The molecular formula is C8H10N4O. The first kappa shape index (κ1) is 8.15. The molecule has 0 fully saturated rings. The Hall–Kier alpha value is -1.46. The largest absolute Gasteiger partial charge is 0.394 e. The Labute approximate surface area is 74.9 Å². The molecule has 68 valence electrons. The fraction of sp³-hybridized carbons (Fsp3) is 0.250. The maximum atomic E-state index is 8.83. The molecule has 0 saturated heterocycles. The molecule has 2 aromatic rings. The molecule has 0 bridgehead atoms. The van der Waals surface area contributed by atoms with Gasteiger partial charge in [-0.25, -0.2) is 9.97 Å². The van der Waals surface area contributed by atoms with Gasteiger partial charge in [-0.1, -0.05) is 0 Å². The van der Waals surface area contributed by atoms with E-state index in [9.17, 15) is 0 Å². The highest BCUT2D eigenvalue weighted by Gasteiger charge is 2.05. The van der Waals surface area contributed by atoms with E-state index in [2.05, 4.69) is 9.97 Å². The maximum absolute atomic E-state index is 8.83. The molecule has 1 unspecified atom stereocenters. The molecule has 0 aliphatic heterocycles. The molecule has 0 spiro atoms. The number of fused-ring (bicyclic) bond motifs is 1. The molecule has 0 amide bonds. The summed E-state index contributed by atoms with van der Waals surface area (Å²) in [6.07, 6.45) is 6.89. The number of hydrogen-bond donors (Lipinski definition) is 2. The summed E-state index contributed by atoms with van der Waals surface area (Å²) in [6.45, 7) is -0.0815. The average Bonchev–Trinajstić information content (AvgIpc) is 2.63. The van der Waals surface area contributed by atoms with E-state index in [1.165, 1.54) is 0 Å². The van der Waals surface area contributed by atoms with Crippen LogP contribution in [-0.4, -0.2) is 26.1 Å². The van der Waals surface area contributed by atoms with Gasteiger partial charge in [-0.3, -0.25) is 4.40 Å². The molecule has 2 heterocycles. The van der Waals surface area contributed by atoms with Gasteiger partial charge in [0.1, 0.15) is 0 Å². The summed E-state index contributed by atoms with van der Waals surface area (Å²) >= 11 is 0. The number of nitrogens with zero attached hydrogens (tertiary/aromatic N) is 3. The molecule has 0 radical (unpaired) electrons. The van der Waals surface area contributed by atoms with Gasteiger partial charge in [0, 0.05) is 30.4 Å². The molecule has 3 N–H and O–H groups in total. The highest BCUT2D eigenvalue weighted by molar-refractivity contribution is 5.29. The molecular weight excluding hydrogens is 168 g/mol. The Morgan fingerprint density at radius 2 is 2.38 bits per heavy atom. The Kier molecular flexibility index (Phi) is 1.96. The molecule has 0 saturated carbocycles. The monoisotopic (exact) mass is 178 g/mol. The number of imidazole rings is 1. The second kappa shape index (κ2) is 3.12. The van der Waals surface area contributed by atoms with Crippen LogP contribution in [0.5, 0.6) is 0 Å². The van der Waals surface area contributed by atoms with E-state index in [-0.39, 0.29) is 12.6 Å². The minimum Gasteiger partial charge on any atom is -0.394 e. The molecule has 2 aromatic heterocycles. The third-order valence-electron chi connectivity index (χ3n) is 1.89. The summed E-state index contributed by atoms with van der Waals surface area (Å²) in [6, 6.07) is -0.376. The highest BCUT2D eigenvalue weighted by Crippen LogP contribution is 2.08. The van der Waals surface area contributed by atoms with Crippen molar-refractivity contribution in [1.82, 2.24) is 14.4 Å². The van der Waals surface area contributed by atoms with Crippen LogP contribution in [-0.2, 0) is 0 Å². The summed E-state index contributed by atoms with van der Waals surface area (Å²) in [5.41, 5.74) is 6.43. The van der Waals surface area contributed by atoms with Crippen molar-refractivity contribution in [2.24, 2.45) is 5.73 Å². The summed E-state index contributed by atoms with van der Waals surface area (Å²) in [4.78, 5) is 8.06. The minimum absolute atomic E-state index is 0.0815. The van der Waals surface area contributed by atoms with E-state index in [1.54, 1.807) is 23.0 Å². The third kappa shape index (κ3) is 1.39. The summed E-state index contributed by atoms with van der Waals surface area (Å²) in [7, 11) is 0. The molecule has 5 heteroatoms. The fourth-order valence-corrected chi connectivity index (χ4v) is 1.13. The Balaban J connectivity index is 2.48. The van der Waals surface area contributed by atoms with Gasteiger partial charge in [0.05, 0.1) is 12.6 Å². The lowest BCUT2D eigenvalue weighted by Crippen LogP contribution is -2.15. The van der Waals surface area contributed by atoms with Crippen molar-refractivity contribution in [3.63, 3.8) is 0 Å². The minimum atomic E-state index is -0.376.